The molecule has 1 fully saturated rings. The summed E-state index contributed by atoms with van der Waals surface area (Å²) in [5.74, 6) is 1.73. The quantitative estimate of drug-likeness (QED) is 0.781. The summed E-state index contributed by atoms with van der Waals surface area (Å²) in [6.45, 7) is 9.03. The first-order valence-corrected chi connectivity index (χ1v) is 8.94. The lowest BCUT2D eigenvalue weighted by molar-refractivity contribution is -0.137. The number of carbonyl (C=O) groups excluding carboxylic acids is 2. The molecule has 1 aliphatic rings. The number of hydrogen-bond donors (Lipinski definition) is 0. The van der Waals surface area contributed by atoms with Gasteiger partial charge >= 0.3 is 0 Å². The first-order valence-electron chi connectivity index (χ1n) is 8.13. The van der Waals surface area contributed by atoms with Crippen molar-refractivity contribution in [2.75, 3.05) is 13.1 Å². The summed E-state index contributed by atoms with van der Waals surface area (Å²) in [5, 5.41) is 4.37. The summed E-state index contributed by atoms with van der Waals surface area (Å²) in [4.78, 5) is 32.8. The fourth-order valence-electron chi connectivity index (χ4n) is 3.12. The van der Waals surface area contributed by atoms with Crippen LogP contribution in [0, 0.1) is 27.7 Å². The van der Waals surface area contributed by atoms with Crippen LogP contribution in [0.1, 0.15) is 50.6 Å². The Kier molecular flexibility index (Phi) is 4.54. The Balaban J connectivity index is 1.50. The van der Waals surface area contributed by atoms with Crippen LogP contribution in [0.2, 0.25) is 0 Å². The van der Waals surface area contributed by atoms with Crippen LogP contribution in [0.3, 0.4) is 0 Å². The van der Waals surface area contributed by atoms with E-state index >= 15 is 0 Å². The topological polar surface area (TPSA) is 68.1 Å². The van der Waals surface area contributed by atoms with Gasteiger partial charge in [0.15, 0.2) is 5.78 Å². The SMILES string of the molecule is Cc1nc(C)n(C2CN(C(=O)CCC(=O)c3cc(C)sc3C)C2)n1. The number of aryl methyl sites for hydroxylation is 4. The van der Waals surface area contributed by atoms with E-state index in [0.717, 1.165) is 27.0 Å². The molecule has 3 rings (SSSR count). The predicted molar refractivity (Wildman–Crippen MR) is 92.5 cm³/mol. The van der Waals surface area contributed by atoms with Gasteiger partial charge in [-0.1, -0.05) is 0 Å². The van der Waals surface area contributed by atoms with Gasteiger partial charge in [-0.3, -0.25) is 9.59 Å². The standard InChI is InChI=1S/C17H22N4O2S/c1-10-7-15(11(2)24-10)16(22)5-6-17(23)20-8-14(9-20)21-13(4)18-12(3)19-21/h7,14H,5-6,8-9H2,1-4H3. The molecule has 0 N–H and O–H groups in total. The zero-order valence-corrected chi connectivity index (χ0v) is 15.3. The van der Waals surface area contributed by atoms with Gasteiger partial charge in [-0.15, -0.1) is 11.3 Å². The number of hydrogen-bond acceptors (Lipinski definition) is 5. The number of carbonyl (C=O) groups is 2. The molecule has 0 spiro atoms. The number of ketones is 1. The number of rotatable bonds is 5. The minimum absolute atomic E-state index is 0.0405. The van der Waals surface area contributed by atoms with Crippen molar-refractivity contribution in [2.45, 2.75) is 46.6 Å². The Morgan fingerprint density at radius 2 is 1.92 bits per heavy atom. The van der Waals surface area contributed by atoms with E-state index in [1.54, 1.807) is 16.2 Å². The van der Waals surface area contributed by atoms with Crippen molar-refractivity contribution in [1.82, 2.24) is 19.7 Å². The second kappa shape index (κ2) is 6.47. The Morgan fingerprint density at radius 1 is 1.21 bits per heavy atom. The molecule has 3 heterocycles. The van der Waals surface area contributed by atoms with Crippen LogP contribution >= 0.6 is 11.3 Å². The molecule has 2 aromatic rings. The van der Waals surface area contributed by atoms with Crippen LogP contribution in [-0.2, 0) is 4.79 Å². The maximum atomic E-state index is 12.3. The summed E-state index contributed by atoms with van der Waals surface area (Å²) in [7, 11) is 0. The highest BCUT2D eigenvalue weighted by atomic mass is 32.1. The summed E-state index contributed by atoms with van der Waals surface area (Å²) in [6, 6.07) is 2.12. The third-order valence-corrected chi connectivity index (χ3v) is 5.34. The minimum Gasteiger partial charge on any atom is -0.338 e. The highest BCUT2D eigenvalue weighted by Crippen LogP contribution is 2.25. The molecule has 0 aliphatic carbocycles. The van der Waals surface area contributed by atoms with Crippen molar-refractivity contribution in [1.29, 1.82) is 0 Å². The molecule has 0 saturated carbocycles. The van der Waals surface area contributed by atoms with Crippen molar-refractivity contribution in [3.05, 3.63) is 33.0 Å². The molecule has 7 heteroatoms. The van der Waals surface area contributed by atoms with Gasteiger partial charge < -0.3 is 4.90 Å². The molecular weight excluding hydrogens is 324 g/mol. The van der Waals surface area contributed by atoms with Gasteiger partial charge in [0, 0.05) is 41.2 Å². The fourth-order valence-corrected chi connectivity index (χ4v) is 4.06. The monoisotopic (exact) mass is 346 g/mol. The lowest BCUT2D eigenvalue weighted by Crippen LogP contribution is -2.51. The van der Waals surface area contributed by atoms with Crippen LogP contribution in [0.4, 0.5) is 0 Å². The molecule has 0 unspecified atom stereocenters. The molecule has 1 saturated heterocycles. The zero-order valence-electron chi connectivity index (χ0n) is 14.5. The summed E-state index contributed by atoms with van der Waals surface area (Å²) in [5.41, 5.74) is 0.764. The highest BCUT2D eigenvalue weighted by molar-refractivity contribution is 7.12. The van der Waals surface area contributed by atoms with E-state index in [9.17, 15) is 9.59 Å². The second-order valence-electron chi connectivity index (χ2n) is 6.35. The number of Topliss-reactive ketones (excluding diaryl/α,β-unsaturated/α-hetero) is 1. The summed E-state index contributed by atoms with van der Waals surface area (Å²) >= 11 is 1.62. The van der Waals surface area contributed by atoms with Gasteiger partial charge in [-0.25, -0.2) is 9.67 Å². The molecule has 0 aromatic carbocycles. The molecule has 2 aromatic heterocycles. The molecule has 0 atom stereocenters. The van der Waals surface area contributed by atoms with Gasteiger partial charge in [0.05, 0.1) is 6.04 Å². The van der Waals surface area contributed by atoms with E-state index in [4.69, 9.17) is 0 Å². The van der Waals surface area contributed by atoms with Crippen LogP contribution in [0.15, 0.2) is 6.07 Å². The molecule has 1 aliphatic heterocycles. The molecule has 128 valence electrons. The number of nitrogens with zero attached hydrogens (tertiary/aromatic N) is 4. The van der Waals surface area contributed by atoms with Gasteiger partial charge in [-0.2, -0.15) is 5.10 Å². The highest BCUT2D eigenvalue weighted by Gasteiger charge is 2.33. The van der Waals surface area contributed by atoms with E-state index in [-0.39, 0.29) is 30.6 Å². The fraction of sp³-hybridized carbons (Fsp3) is 0.529. The Hall–Kier alpha value is -2.02. The van der Waals surface area contributed by atoms with E-state index < -0.39 is 0 Å². The smallest absolute Gasteiger partial charge is 0.223 e. The van der Waals surface area contributed by atoms with Gasteiger partial charge in [0.2, 0.25) is 5.91 Å². The third kappa shape index (κ3) is 3.26. The van der Waals surface area contributed by atoms with Crippen molar-refractivity contribution in [3.63, 3.8) is 0 Å². The van der Waals surface area contributed by atoms with Crippen LogP contribution < -0.4 is 0 Å². The van der Waals surface area contributed by atoms with E-state index in [1.165, 1.54) is 0 Å². The van der Waals surface area contributed by atoms with Crippen LogP contribution in [0.25, 0.3) is 0 Å². The van der Waals surface area contributed by atoms with Crippen molar-refractivity contribution >= 4 is 23.0 Å². The van der Waals surface area contributed by atoms with Gasteiger partial charge in [0.1, 0.15) is 11.6 Å². The van der Waals surface area contributed by atoms with Gasteiger partial charge in [-0.05, 0) is 33.8 Å². The first kappa shape index (κ1) is 16.8. The normalized spacial score (nSPS) is 14.8. The predicted octanol–water partition coefficient (Wildman–Crippen LogP) is 2.62. The Bertz CT molecular complexity index is 787. The average Bonchev–Trinajstić information content (AvgIpc) is 2.96. The maximum Gasteiger partial charge on any atom is 0.223 e. The van der Waals surface area contributed by atoms with E-state index in [1.807, 2.05) is 38.4 Å². The number of thiophene rings is 1. The molecular formula is C17H22N4O2S. The number of aromatic nitrogens is 3. The molecule has 1 amide bonds. The lowest BCUT2D eigenvalue weighted by atomic mass is 10.0. The summed E-state index contributed by atoms with van der Waals surface area (Å²) in [6.07, 6.45) is 0.549. The molecule has 0 bridgehead atoms. The Morgan fingerprint density at radius 3 is 2.46 bits per heavy atom. The van der Waals surface area contributed by atoms with Crippen LogP contribution in [0.5, 0.6) is 0 Å². The van der Waals surface area contributed by atoms with Gasteiger partial charge in [0.25, 0.3) is 0 Å². The zero-order chi connectivity index (χ0) is 17.4. The molecule has 24 heavy (non-hydrogen) atoms. The average molecular weight is 346 g/mol. The number of likely N-dealkylation sites (tertiary alicyclic amines) is 1. The maximum absolute atomic E-state index is 12.3. The van der Waals surface area contributed by atoms with Crippen molar-refractivity contribution in [3.8, 4) is 0 Å². The largest absolute Gasteiger partial charge is 0.338 e. The summed E-state index contributed by atoms with van der Waals surface area (Å²) < 4.78 is 1.89. The minimum atomic E-state index is 0.0405. The van der Waals surface area contributed by atoms with Crippen LogP contribution in [-0.4, -0.2) is 44.4 Å². The second-order valence-corrected chi connectivity index (χ2v) is 7.81. The molecule has 6 nitrogen and oxygen atoms in total. The number of amides is 1. The molecule has 0 radical (unpaired) electrons. The van der Waals surface area contributed by atoms with Crippen molar-refractivity contribution in [2.24, 2.45) is 0 Å². The van der Waals surface area contributed by atoms with E-state index in [2.05, 4.69) is 10.1 Å². The Labute approximate surface area is 145 Å². The van der Waals surface area contributed by atoms with E-state index in [0.29, 0.717) is 13.1 Å². The first-order chi connectivity index (χ1) is 11.3. The third-order valence-electron chi connectivity index (χ3n) is 4.38. The lowest BCUT2D eigenvalue weighted by Gasteiger charge is -2.39. The van der Waals surface area contributed by atoms with Crippen molar-refractivity contribution < 1.29 is 9.59 Å².